The van der Waals surface area contributed by atoms with E-state index in [1.165, 1.54) is 27.7 Å². The number of hydrogen-bond acceptors (Lipinski definition) is 1. The van der Waals surface area contributed by atoms with Crippen LogP contribution in [0.25, 0.3) is 43.2 Å². The molecule has 2 heteroatoms. The minimum absolute atomic E-state index is 0.294. The van der Waals surface area contributed by atoms with E-state index in [4.69, 9.17) is 0 Å². The van der Waals surface area contributed by atoms with Crippen molar-refractivity contribution in [3.05, 3.63) is 66.6 Å². The molecular weight excluding hydrogens is 261 g/mol. The van der Waals surface area contributed by atoms with Crippen molar-refractivity contribution < 1.29 is 4.39 Å². The Bertz CT molecular complexity index is 1140. The molecule has 0 atom stereocenters. The van der Waals surface area contributed by atoms with Gasteiger partial charge in [0.25, 0.3) is 0 Å². The molecule has 5 rings (SSSR count). The minimum Gasteiger partial charge on any atom is -0.253 e. The number of benzene rings is 4. The van der Waals surface area contributed by atoms with Crippen LogP contribution in [0.15, 0.2) is 60.8 Å². The van der Waals surface area contributed by atoms with Gasteiger partial charge >= 0.3 is 0 Å². The van der Waals surface area contributed by atoms with Crippen LogP contribution in [0.3, 0.4) is 0 Å². The van der Waals surface area contributed by atoms with Gasteiger partial charge in [-0.3, -0.25) is 4.98 Å². The summed E-state index contributed by atoms with van der Waals surface area (Å²) in [5, 5.41) is 7.84. The Morgan fingerprint density at radius 1 is 0.714 bits per heavy atom. The zero-order valence-electron chi connectivity index (χ0n) is 11.1. The standard InChI is InChI=1S/C19H10FN/c20-13-9-16-14-5-1-3-11-7-8-12-4-2-6-15(18(12)17(11)14)19(16)21-10-13/h1-10H. The summed E-state index contributed by atoms with van der Waals surface area (Å²) in [5.74, 6) is -0.294. The number of fused-ring (bicyclic) bond motifs is 3. The Kier molecular flexibility index (Phi) is 1.92. The van der Waals surface area contributed by atoms with Gasteiger partial charge in [0.15, 0.2) is 0 Å². The molecule has 0 fully saturated rings. The highest BCUT2D eigenvalue weighted by molar-refractivity contribution is 6.32. The molecule has 98 valence electrons. The van der Waals surface area contributed by atoms with Crippen molar-refractivity contribution in [1.29, 1.82) is 0 Å². The van der Waals surface area contributed by atoms with E-state index >= 15 is 0 Å². The quantitative estimate of drug-likeness (QED) is 0.276. The second-order valence-corrected chi connectivity index (χ2v) is 5.42. The fourth-order valence-corrected chi connectivity index (χ4v) is 3.44. The molecule has 1 nitrogen and oxygen atoms in total. The van der Waals surface area contributed by atoms with Gasteiger partial charge in [-0.2, -0.15) is 0 Å². The summed E-state index contributed by atoms with van der Waals surface area (Å²) in [7, 11) is 0. The Hall–Kier alpha value is -2.74. The highest BCUT2D eigenvalue weighted by Crippen LogP contribution is 2.39. The number of aromatic nitrogens is 1. The molecule has 0 amide bonds. The maximum atomic E-state index is 13.7. The summed E-state index contributed by atoms with van der Waals surface area (Å²) in [4.78, 5) is 4.35. The smallest absolute Gasteiger partial charge is 0.142 e. The third-order valence-electron chi connectivity index (χ3n) is 4.29. The van der Waals surface area contributed by atoms with Crippen molar-refractivity contribution in [3.8, 4) is 0 Å². The van der Waals surface area contributed by atoms with E-state index in [0.29, 0.717) is 0 Å². The van der Waals surface area contributed by atoms with Gasteiger partial charge in [0.05, 0.1) is 11.7 Å². The van der Waals surface area contributed by atoms with E-state index in [0.717, 1.165) is 21.7 Å². The van der Waals surface area contributed by atoms with E-state index in [9.17, 15) is 4.39 Å². The summed E-state index contributed by atoms with van der Waals surface area (Å²) < 4.78 is 13.7. The van der Waals surface area contributed by atoms with Crippen molar-refractivity contribution in [3.63, 3.8) is 0 Å². The van der Waals surface area contributed by atoms with Crippen LogP contribution >= 0.6 is 0 Å². The minimum atomic E-state index is -0.294. The zero-order chi connectivity index (χ0) is 14.0. The van der Waals surface area contributed by atoms with Crippen LogP contribution < -0.4 is 0 Å². The fourth-order valence-electron chi connectivity index (χ4n) is 3.44. The average Bonchev–Trinajstić information content (AvgIpc) is 2.53. The summed E-state index contributed by atoms with van der Waals surface area (Å²) in [6, 6.07) is 18.3. The van der Waals surface area contributed by atoms with Crippen LogP contribution in [0.4, 0.5) is 4.39 Å². The van der Waals surface area contributed by atoms with Gasteiger partial charge in [0, 0.05) is 10.8 Å². The van der Waals surface area contributed by atoms with Crippen molar-refractivity contribution >= 4 is 43.2 Å². The van der Waals surface area contributed by atoms with Crippen molar-refractivity contribution in [2.75, 3.05) is 0 Å². The van der Waals surface area contributed by atoms with E-state index in [1.54, 1.807) is 6.07 Å². The molecule has 0 saturated carbocycles. The van der Waals surface area contributed by atoms with Gasteiger partial charge in [-0.25, -0.2) is 4.39 Å². The molecule has 5 aromatic rings. The predicted molar refractivity (Wildman–Crippen MR) is 85.4 cm³/mol. The fraction of sp³-hybridized carbons (Fsp3) is 0. The molecule has 0 aliphatic carbocycles. The lowest BCUT2D eigenvalue weighted by atomic mass is 9.91. The van der Waals surface area contributed by atoms with Crippen LogP contribution in [0, 0.1) is 5.82 Å². The Balaban J connectivity index is 2.29. The summed E-state index contributed by atoms with van der Waals surface area (Å²) in [5.41, 5.74) is 0.869. The molecular formula is C19H10FN. The van der Waals surface area contributed by atoms with Crippen molar-refractivity contribution in [2.24, 2.45) is 0 Å². The molecule has 21 heavy (non-hydrogen) atoms. The van der Waals surface area contributed by atoms with Gasteiger partial charge in [0.1, 0.15) is 5.82 Å². The van der Waals surface area contributed by atoms with E-state index in [1.807, 2.05) is 12.1 Å². The third kappa shape index (κ3) is 1.32. The van der Waals surface area contributed by atoms with Crippen LogP contribution in [0.1, 0.15) is 0 Å². The molecule has 0 unspecified atom stereocenters. The molecule has 0 spiro atoms. The largest absolute Gasteiger partial charge is 0.253 e. The highest BCUT2D eigenvalue weighted by Gasteiger charge is 2.13. The second-order valence-electron chi connectivity index (χ2n) is 5.42. The maximum Gasteiger partial charge on any atom is 0.142 e. The van der Waals surface area contributed by atoms with E-state index < -0.39 is 0 Å². The first-order chi connectivity index (χ1) is 10.3. The first kappa shape index (κ1) is 11.0. The molecule has 0 aliphatic heterocycles. The number of nitrogens with zero attached hydrogens (tertiary/aromatic N) is 1. The molecule has 4 aromatic carbocycles. The average molecular weight is 271 g/mol. The lowest BCUT2D eigenvalue weighted by Gasteiger charge is -2.13. The zero-order valence-corrected chi connectivity index (χ0v) is 11.1. The summed E-state index contributed by atoms with van der Waals surface area (Å²) in [6.07, 6.45) is 1.30. The van der Waals surface area contributed by atoms with Crippen molar-refractivity contribution in [2.45, 2.75) is 0 Å². The molecule has 0 aliphatic rings. The molecule has 0 bridgehead atoms. The lowest BCUT2D eigenvalue weighted by Crippen LogP contribution is -1.89. The van der Waals surface area contributed by atoms with Crippen LogP contribution in [-0.4, -0.2) is 4.98 Å². The number of halogens is 1. The first-order valence-electron chi connectivity index (χ1n) is 6.94. The lowest BCUT2D eigenvalue weighted by molar-refractivity contribution is 0.624. The predicted octanol–water partition coefficient (Wildman–Crippen LogP) is 5.27. The molecule has 1 aromatic heterocycles. The first-order valence-corrected chi connectivity index (χ1v) is 6.94. The second kappa shape index (κ2) is 3.67. The summed E-state index contributed by atoms with van der Waals surface area (Å²) in [6.45, 7) is 0. The van der Waals surface area contributed by atoms with Gasteiger partial charge in [-0.05, 0) is 33.0 Å². The molecule has 0 saturated heterocycles. The number of pyridine rings is 1. The molecule has 1 heterocycles. The monoisotopic (exact) mass is 271 g/mol. The van der Waals surface area contributed by atoms with Crippen LogP contribution in [0.5, 0.6) is 0 Å². The topological polar surface area (TPSA) is 12.9 Å². The number of hydrogen-bond donors (Lipinski definition) is 0. The highest BCUT2D eigenvalue weighted by atomic mass is 19.1. The van der Waals surface area contributed by atoms with E-state index in [-0.39, 0.29) is 5.82 Å². The van der Waals surface area contributed by atoms with Gasteiger partial charge in [-0.15, -0.1) is 0 Å². The maximum absolute atomic E-state index is 13.7. The third-order valence-corrected chi connectivity index (χ3v) is 4.29. The Labute approximate surface area is 120 Å². The van der Waals surface area contributed by atoms with Gasteiger partial charge in [0.2, 0.25) is 0 Å². The normalized spacial score (nSPS) is 12.0. The van der Waals surface area contributed by atoms with E-state index in [2.05, 4.69) is 41.4 Å². The Morgan fingerprint density at radius 3 is 2.14 bits per heavy atom. The van der Waals surface area contributed by atoms with Crippen LogP contribution in [-0.2, 0) is 0 Å². The van der Waals surface area contributed by atoms with Gasteiger partial charge in [-0.1, -0.05) is 48.5 Å². The molecule has 0 N–H and O–H groups in total. The SMILES string of the molecule is Fc1cnc2c(c1)c1cccc3ccc4cccc2c4c31. The summed E-state index contributed by atoms with van der Waals surface area (Å²) >= 11 is 0. The van der Waals surface area contributed by atoms with Gasteiger partial charge < -0.3 is 0 Å². The molecule has 0 radical (unpaired) electrons. The Morgan fingerprint density at radius 2 is 1.38 bits per heavy atom. The van der Waals surface area contributed by atoms with Crippen molar-refractivity contribution in [1.82, 2.24) is 4.98 Å². The number of rotatable bonds is 0. The van der Waals surface area contributed by atoms with Crippen LogP contribution in [0.2, 0.25) is 0 Å².